The van der Waals surface area contributed by atoms with Crippen LogP contribution in [0.2, 0.25) is 5.02 Å². The van der Waals surface area contributed by atoms with Crippen LogP contribution in [0, 0.1) is 5.92 Å². The SMILES string of the molecule is COc1ccc2c(c1)C(=NCCCCNCCCCNc1c3ccc(Cl)cc3nc3ccc(OC)cc13)C1C=CC(Cl)=CC1N2. The van der Waals surface area contributed by atoms with Crippen LogP contribution in [0.3, 0.4) is 0 Å². The molecule has 3 aromatic carbocycles. The van der Waals surface area contributed by atoms with Crippen molar-refractivity contribution in [2.75, 3.05) is 51.0 Å². The van der Waals surface area contributed by atoms with Gasteiger partial charge in [0.2, 0.25) is 0 Å². The maximum absolute atomic E-state index is 6.31. The molecule has 4 aromatic rings. The average Bonchev–Trinajstić information content (AvgIpc) is 3.05. The summed E-state index contributed by atoms with van der Waals surface area (Å²) in [5.74, 6) is 1.80. The van der Waals surface area contributed by atoms with E-state index in [0.717, 1.165) is 113 Å². The molecule has 2 heterocycles. The molecular formula is C36H39Cl2N5O2. The molecule has 0 radical (unpaired) electrons. The number of unbranched alkanes of at least 4 members (excludes halogenated alkanes) is 2. The van der Waals surface area contributed by atoms with Gasteiger partial charge in [0.25, 0.3) is 0 Å². The van der Waals surface area contributed by atoms with Crippen LogP contribution >= 0.6 is 23.2 Å². The zero-order valence-corrected chi connectivity index (χ0v) is 27.2. The number of methoxy groups -OCH3 is 2. The van der Waals surface area contributed by atoms with E-state index in [1.54, 1.807) is 14.2 Å². The highest BCUT2D eigenvalue weighted by Gasteiger charge is 2.32. The molecule has 0 saturated carbocycles. The van der Waals surface area contributed by atoms with Gasteiger partial charge in [-0.05, 0) is 106 Å². The normalized spacial score (nSPS) is 18.0. The Morgan fingerprint density at radius 3 is 2.47 bits per heavy atom. The van der Waals surface area contributed by atoms with Gasteiger partial charge in [-0.3, -0.25) is 4.99 Å². The lowest BCUT2D eigenvalue weighted by Crippen LogP contribution is -2.39. The lowest BCUT2D eigenvalue weighted by molar-refractivity contribution is 0.414. The molecule has 2 aliphatic rings. The summed E-state index contributed by atoms with van der Waals surface area (Å²) in [5.41, 5.74) is 6.15. The van der Waals surface area contributed by atoms with Crippen molar-refractivity contribution in [2.45, 2.75) is 31.7 Å². The van der Waals surface area contributed by atoms with Gasteiger partial charge in [-0.1, -0.05) is 29.3 Å². The summed E-state index contributed by atoms with van der Waals surface area (Å²) in [4.78, 5) is 9.92. The van der Waals surface area contributed by atoms with E-state index in [-0.39, 0.29) is 12.0 Å². The van der Waals surface area contributed by atoms with Crippen LogP contribution < -0.4 is 25.4 Å². The molecule has 0 amide bonds. The quantitative estimate of drug-likeness (QED) is 0.101. The van der Waals surface area contributed by atoms with Crippen molar-refractivity contribution in [3.05, 3.63) is 88.4 Å². The van der Waals surface area contributed by atoms with E-state index in [1.807, 2.05) is 48.5 Å². The minimum Gasteiger partial charge on any atom is -0.497 e. The summed E-state index contributed by atoms with van der Waals surface area (Å²) in [5, 5.41) is 14.4. The fraction of sp³-hybridized carbons (Fsp3) is 0.333. The van der Waals surface area contributed by atoms with Crippen molar-refractivity contribution in [2.24, 2.45) is 10.9 Å². The number of rotatable bonds is 13. The lowest BCUT2D eigenvalue weighted by atomic mass is 9.82. The highest BCUT2D eigenvalue weighted by Crippen LogP contribution is 2.36. The number of halogens is 2. The zero-order chi connectivity index (χ0) is 31.2. The second-order valence-corrected chi connectivity index (χ2v) is 12.3. The maximum atomic E-state index is 6.31. The largest absolute Gasteiger partial charge is 0.497 e. The highest BCUT2D eigenvalue weighted by atomic mass is 35.5. The van der Waals surface area contributed by atoms with Gasteiger partial charge in [-0.2, -0.15) is 0 Å². The monoisotopic (exact) mass is 643 g/mol. The Morgan fingerprint density at radius 1 is 0.844 bits per heavy atom. The second-order valence-electron chi connectivity index (χ2n) is 11.4. The number of benzene rings is 3. The van der Waals surface area contributed by atoms with Gasteiger partial charge >= 0.3 is 0 Å². The van der Waals surface area contributed by atoms with E-state index in [2.05, 4.69) is 40.2 Å². The van der Waals surface area contributed by atoms with Crippen molar-refractivity contribution in [1.29, 1.82) is 0 Å². The molecule has 0 fully saturated rings. The van der Waals surface area contributed by atoms with Crippen LogP contribution in [0.25, 0.3) is 21.8 Å². The molecule has 1 aliphatic carbocycles. The van der Waals surface area contributed by atoms with Crippen molar-refractivity contribution >= 4 is 62.1 Å². The van der Waals surface area contributed by atoms with Gasteiger partial charge < -0.3 is 25.4 Å². The number of nitrogens with one attached hydrogen (secondary N) is 3. The summed E-state index contributed by atoms with van der Waals surface area (Å²) >= 11 is 12.6. The summed E-state index contributed by atoms with van der Waals surface area (Å²) in [6.07, 6.45) is 10.4. The Morgan fingerprint density at radius 2 is 1.62 bits per heavy atom. The highest BCUT2D eigenvalue weighted by molar-refractivity contribution is 6.32. The van der Waals surface area contributed by atoms with Crippen LogP contribution in [0.5, 0.6) is 11.5 Å². The van der Waals surface area contributed by atoms with Gasteiger partial charge in [0, 0.05) is 51.1 Å². The first-order valence-electron chi connectivity index (χ1n) is 15.6. The van der Waals surface area contributed by atoms with Gasteiger partial charge in [-0.25, -0.2) is 4.98 Å². The first-order valence-corrected chi connectivity index (χ1v) is 16.4. The number of allylic oxidation sites excluding steroid dienone is 2. The third kappa shape index (κ3) is 7.22. The van der Waals surface area contributed by atoms with E-state index in [9.17, 15) is 0 Å². The Bertz CT molecular complexity index is 1770. The number of aliphatic imine (C=N–C) groups is 1. The Hall–Kier alpha value is -3.78. The average molecular weight is 645 g/mol. The minimum absolute atomic E-state index is 0.107. The molecular weight excluding hydrogens is 605 g/mol. The summed E-state index contributed by atoms with van der Waals surface area (Å²) in [6.45, 7) is 3.62. The number of pyridine rings is 1. The van der Waals surface area contributed by atoms with Gasteiger partial charge in [0.15, 0.2) is 0 Å². The smallest absolute Gasteiger partial charge is 0.119 e. The Balaban J connectivity index is 0.969. The standard InChI is InChI=1S/C36H39Cl2N5O2/c1-44-25-9-13-31-29(21-25)35(27-11-7-23(37)19-33(27)42-31)40-17-5-3-15-39-16-4-6-18-41-36-28-12-8-24(38)20-34(28)43-32-14-10-26(45-2)22-30(32)36/h7-14,19-22,27,33,39,42H,3-6,15-18H2,1-2H3,(H,41,43). The summed E-state index contributed by atoms with van der Waals surface area (Å²) in [6, 6.07) is 18.1. The topological polar surface area (TPSA) is 79.8 Å². The molecule has 6 rings (SSSR count). The predicted octanol–water partition coefficient (Wildman–Crippen LogP) is 8.21. The molecule has 0 spiro atoms. The van der Waals surface area contributed by atoms with Gasteiger partial charge in [-0.15, -0.1) is 0 Å². The molecule has 1 aromatic heterocycles. The molecule has 3 N–H and O–H groups in total. The molecule has 2 unspecified atom stereocenters. The molecule has 234 valence electrons. The number of fused-ring (bicyclic) bond motifs is 4. The number of nitrogens with zero attached hydrogens (tertiary/aromatic N) is 2. The van der Waals surface area contributed by atoms with Crippen LogP contribution in [0.1, 0.15) is 31.2 Å². The second kappa shape index (κ2) is 14.5. The molecule has 1 aliphatic heterocycles. The fourth-order valence-electron chi connectivity index (χ4n) is 6.07. The summed E-state index contributed by atoms with van der Waals surface area (Å²) in [7, 11) is 3.38. The predicted molar refractivity (Wildman–Crippen MR) is 189 cm³/mol. The van der Waals surface area contributed by atoms with E-state index in [0.29, 0.717) is 5.02 Å². The first-order chi connectivity index (χ1) is 22.0. The van der Waals surface area contributed by atoms with Gasteiger partial charge in [0.05, 0.1) is 42.7 Å². The van der Waals surface area contributed by atoms with E-state index >= 15 is 0 Å². The van der Waals surface area contributed by atoms with E-state index in [1.165, 1.54) is 0 Å². The Kier molecular flexibility index (Phi) is 10.1. The van der Waals surface area contributed by atoms with Crippen LogP contribution in [-0.4, -0.2) is 57.1 Å². The molecule has 0 bridgehead atoms. The third-order valence-electron chi connectivity index (χ3n) is 8.40. The Labute approximate surface area is 274 Å². The maximum Gasteiger partial charge on any atom is 0.119 e. The summed E-state index contributed by atoms with van der Waals surface area (Å²) < 4.78 is 11.0. The number of hydrogen-bond donors (Lipinski definition) is 3. The fourth-order valence-corrected chi connectivity index (χ4v) is 6.44. The van der Waals surface area contributed by atoms with Crippen molar-refractivity contribution in [3.8, 4) is 11.5 Å². The first kappa shape index (κ1) is 31.2. The zero-order valence-electron chi connectivity index (χ0n) is 25.7. The minimum atomic E-state index is 0.107. The van der Waals surface area contributed by atoms with Crippen LogP contribution in [0.15, 0.2) is 82.9 Å². The number of anilines is 2. The molecule has 0 saturated heterocycles. The third-order valence-corrected chi connectivity index (χ3v) is 8.89. The number of hydrogen-bond acceptors (Lipinski definition) is 7. The number of aromatic nitrogens is 1. The lowest BCUT2D eigenvalue weighted by Gasteiger charge is -2.34. The van der Waals surface area contributed by atoms with Gasteiger partial charge in [0.1, 0.15) is 11.5 Å². The van der Waals surface area contributed by atoms with Crippen molar-refractivity contribution in [3.63, 3.8) is 0 Å². The molecule has 2 atom stereocenters. The van der Waals surface area contributed by atoms with Crippen molar-refractivity contribution in [1.82, 2.24) is 10.3 Å². The molecule has 45 heavy (non-hydrogen) atoms. The van der Waals surface area contributed by atoms with E-state index < -0.39 is 0 Å². The molecule has 7 nitrogen and oxygen atoms in total. The van der Waals surface area contributed by atoms with Crippen molar-refractivity contribution < 1.29 is 9.47 Å². The van der Waals surface area contributed by atoms with E-state index in [4.69, 9.17) is 42.7 Å². The molecule has 9 heteroatoms. The van der Waals surface area contributed by atoms with Crippen LogP contribution in [-0.2, 0) is 0 Å². The van der Waals surface area contributed by atoms with Crippen LogP contribution in [0.4, 0.5) is 11.4 Å². The number of ether oxygens (including phenoxy) is 2.